The lowest BCUT2D eigenvalue weighted by Gasteiger charge is -2.56. The van der Waals surface area contributed by atoms with E-state index in [9.17, 15) is 0 Å². The van der Waals surface area contributed by atoms with Crippen molar-refractivity contribution in [2.75, 3.05) is 26.8 Å². The van der Waals surface area contributed by atoms with Crippen LogP contribution in [0.4, 0.5) is 0 Å². The number of hydrogen-bond acceptors (Lipinski definition) is 3. The molecule has 1 aromatic rings. The molecular weight excluding hydrogens is 214 g/mol. The van der Waals surface area contributed by atoms with E-state index in [4.69, 9.17) is 9.47 Å². The molecule has 3 heteroatoms. The van der Waals surface area contributed by atoms with Crippen molar-refractivity contribution < 1.29 is 9.47 Å². The molecule has 3 saturated heterocycles. The van der Waals surface area contributed by atoms with Gasteiger partial charge < -0.3 is 9.47 Å². The molecule has 3 heterocycles. The van der Waals surface area contributed by atoms with Crippen LogP contribution in [0.5, 0.6) is 0 Å². The maximum atomic E-state index is 5.99. The van der Waals surface area contributed by atoms with Crippen LogP contribution in [-0.4, -0.2) is 37.6 Å². The maximum absolute atomic E-state index is 5.99. The molecule has 92 valence electrons. The highest BCUT2D eigenvalue weighted by Gasteiger charge is 2.52. The minimum absolute atomic E-state index is 0.160. The van der Waals surface area contributed by atoms with Gasteiger partial charge in [0.1, 0.15) is 0 Å². The third-order valence-electron chi connectivity index (χ3n) is 3.76. The molecule has 2 bridgehead atoms. The first-order valence-corrected chi connectivity index (χ1v) is 6.15. The standard InChI is InChI=1S/C14H19NO2/c1-13-9-15(2)14(16-10-13,17-11-13)8-12-6-4-3-5-7-12/h3-7H,8-11H2,1-2H3. The second-order valence-electron chi connectivity index (χ2n) is 5.62. The summed E-state index contributed by atoms with van der Waals surface area (Å²) in [5.74, 6) is -0.543. The molecule has 0 unspecified atom stereocenters. The first-order valence-electron chi connectivity index (χ1n) is 6.15. The zero-order chi connectivity index (χ0) is 11.9. The van der Waals surface area contributed by atoms with Gasteiger partial charge in [-0.25, -0.2) is 0 Å². The van der Waals surface area contributed by atoms with Crippen molar-refractivity contribution in [3.63, 3.8) is 0 Å². The van der Waals surface area contributed by atoms with Crippen LogP contribution in [0.25, 0.3) is 0 Å². The van der Waals surface area contributed by atoms with Crippen LogP contribution >= 0.6 is 0 Å². The summed E-state index contributed by atoms with van der Waals surface area (Å²) in [6, 6.07) is 10.4. The van der Waals surface area contributed by atoms with E-state index in [0.717, 1.165) is 26.2 Å². The second-order valence-corrected chi connectivity index (χ2v) is 5.62. The Kier molecular flexibility index (Phi) is 2.51. The van der Waals surface area contributed by atoms with Gasteiger partial charge in [-0.3, -0.25) is 4.90 Å². The Morgan fingerprint density at radius 3 is 2.41 bits per heavy atom. The first-order chi connectivity index (χ1) is 8.12. The molecule has 0 saturated carbocycles. The number of benzene rings is 1. The molecule has 4 rings (SSSR count). The van der Waals surface area contributed by atoms with E-state index in [1.807, 2.05) is 6.07 Å². The molecule has 0 spiro atoms. The summed E-state index contributed by atoms with van der Waals surface area (Å²) in [5.41, 5.74) is 1.41. The number of hydrogen-bond donors (Lipinski definition) is 0. The van der Waals surface area contributed by atoms with Crippen molar-refractivity contribution in [1.29, 1.82) is 0 Å². The molecule has 3 aliphatic heterocycles. The highest BCUT2D eigenvalue weighted by atomic mass is 16.7. The van der Waals surface area contributed by atoms with Crippen LogP contribution in [0.1, 0.15) is 12.5 Å². The van der Waals surface area contributed by atoms with E-state index in [1.54, 1.807) is 0 Å². The molecule has 0 aliphatic carbocycles. The molecule has 0 amide bonds. The smallest absolute Gasteiger partial charge is 0.234 e. The lowest BCUT2D eigenvalue weighted by Crippen LogP contribution is -2.67. The Morgan fingerprint density at radius 1 is 1.18 bits per heavy atom. The van der Waals surface area contributed by atoms with E-state index >= 15 is 0 Å². The lowest BCUT2D eigenvalue weighted by molar-refractivity contribution is -0.401. The van der Waals surface area contributed by atoms with Gasteiger partial charge in [0.15, 0.2) is 0 Å². The highest BCUT2D eigenvalue weighted by molar-refractivity contribution is 5.17. The zero-order valence-corrected chi connectivity index (χ0v) is 10.5. The molecule has 17 heavy (non-hydrogen) atoms. The molecule has 0 aromatic heterocycles. The van der Waals surface area contributed by atoms with Gasteiger partial charge in [-0.1, -0.05) is 37.3 Å². The Balaban J connectivity index is 1.82. The Bertz CT molecular complexity index is 396. The molecule has 3 nitrogen and oxygen atoms in total. The average Bonchev–Trinajstić information content (AvgIpc) is 2.33. The third-order valence-corrected chi connectivity index (χ3v) is 3.76. The van der Waals surface area contributed by atoms with E-state index in [0.29, 0.717) is 0 Å². The van der Waals surface area contributed by atoms with Gasteiger partial charge in [0.05, 0.1) is 13.2 Å². The van der Waals surface area contributed by atoms with Crippen molar-refractivity contribution in [2.45, 2.75) is 19.3 Å². The van der Waals surface area contributed by atoms with Gasteiger partial charge >= 0.3 is 0 Å². The van der Waals surface area contributed by atoms with Gasteiger partial charge in [-0.2, -0.15) is 0 Å². The highest BCUT2D eigenvalue weighted by Crippen LogP contribution is 2.40. The van der Waals surface area contributed by atoms with E-state index in [-0.39, 0.29) is 5.41 Å². The fourth-order valence-electron chi connectivity index (χ4n) is 2.75. The molecule has 1 aromatic carbocycles. The zero-order valence-electron chi connectivity index (χ0n) is 10.5. The van der Waals surface area contributed by atoms with Crippen molar-refractivity contribution in [3.8, 4) is 0 Å². The maximum Gasteiger partial charge on any atom is 0.234 e. The van der Waals surface area contributed by atoms with Gasteiger partial charge in [0.2, 0.25) is 5.91 Å². The summed E-state index contributed by atoms with van der Waals surface area (Å²) in [6.45, 7) is 4.85. The minimum atomic E-state index is -0.543. The Morgan fingerprint density at radius 2 is 1.82 bits per heavy atom. The number of ether oxygens (including phenoxy) is 2. The second kappa shape index (κ2) is 3.80. The van der Waals surface area contributed by atoms with Crippen LogP contribution in [-0.2, 0) is 15.9 Å². The van der Waals surface area contributed by atoms with Gasteiger partial charge in [0, 0.05) is 18.4 Å². The predicted molar refractivity (Wildman–Crippen MR) is 65.5 cm³/mol. The molecule has 0 radical (unpaired) electrons. The van der Waals surface area contributed by atoms with E-state index in [1.165, 1.54) is 5.56 Å². The minimum Gasteiger partial charge on any atom is -0.336 e. The molecule has 0 atom stereocenters. The monoisotopic (exact) mass is 233 g/mol. The summed E-state index contributed by atoms with van der Waals surface area (Å²) < 4.78 is 12.0. The Labute approximate surface area is 102 Å². The SMILES string of the molecule is CN1CC2(C)COC1(Cc1ccccc1)OC2. The fraction of sp³-hybridized carbons (Fsp3) is 0.571. The van der Waals surface area contributed by atoms with E-state index < -0.39 is 5.91 Å². The van der Waals surface area contributed by atoms with Crippen LogP contribution in [0.2, 0.25) is 0 Å². The van der Waals surface area contributed by atoms with Crippen molar-refractivity contribution in [2.24, 2.45) is 5.41 Å². The molecule has 3 aliphatic rings. The summed E-state index contributed by atoms with van der Waals surface area (Å²) >= 11 is 0. The van der Waals surface area contributed by atoms with Crippen LogP contribution in [0.3, 0.4) is 0 Å². The predicted octanol–water partition coefficient (Wildman–Crippen LogP) is 1.88. The molecule has 3 fully saturated rings. The van der Waals surface area contributed by atoms with Crippen LogP contribution in [0.15, 0.2) is 30.3 Å². The largest absolute Gasteiger partial charge is 0.336 e. The summed E-state index contributed by atoms with van der Waals surface area (Å²) in [7, 11) is 2.08. The van der Waals surface area contributed by atoms with E-state index in [2.05, 4.69) is 43.1 Å². The van der Waals surface area contributed by atoms with Gasteiger partial charge in [-0.05, 0) is 12.6 Å². The van der Waals surface area contributed by atoms with Gasteiger partial charge in [0.25, 0.3) is 0 Å². The molecular formula is C14H19NO2. The van der Waals surface area contributed by atoms with Crippen molar-refractivity contribution in [3.05, 3.63) is 35.9 Å². The third kappa shape index (κ3) is 1.88. The van der Waals surface area contributed by atoms with Crippen molar-refractivity contribution >= 4 is 0 Å². The van der Waals surface area contributed by atoms with Crippen LogP contribution < -0.4 is 0 Å². The van der Waals surface area contributed by atoms with Crippen molar-refractivity contribution in [1.82, 2.24) is 4.90 Å². The number of rotatable bonds is 2. The number of nitrogens with zero attached hydrogens (tertiary/aromatic N) is 1. The lowest BCUT2D eigenvalue weighted by atomic mass is 9.87. The number of fused-ring (bicyclic) bond motifs is 3. The fourth-order valence-corrected chi connectivity index (χ4v) is 2.75. The average molecular weight is 233 g/mol. The summed E-state index contributed by atoms with van der Waals surface area (Å²) in [6.07, 6.45) is 0.792. The summed E-state index contributed by atoms with van der Waals surface area (Å²) in [5, 5.41) is 0. The Hall–Kier alpha value is -0.900. The normalized spacial score (nSPS) is 37.3. The quantitative estimate of drug-likeness (QED) is 0.778. The topological polar surface area (TPSA) is 21.7 Å². The molecule has 0 N–H and O–H groups in total. The number of likely N-dealkylation sites (N-methyl/N-ethyl adjacent to an activating group) is 1. The van der Waals surface area contributed by atoms with Gasteiger partial charge in [-0.15, -0.1) is 0 Å². The first kappa shape index (κ1) is 11.2. The summed E-state index contributed by atoms with van der Waals surface area (Å²) in [4.78, 5) is 2.20. The van der Waals surface area contributed by atoms with Crippen LogP contribution in [0, 0.1) is 5.41 Å².